The molecule has 0 spiro atoms. The first-order valence-corrected chi connectivity index (χ1v) is 10.9. The smallest absolute Gasteiger partial charge is 0.269 e. The average Bonchev–Trinajstić information content (AvgIpc) is 2.78. The summed E-state index contributed by atoms with van der Waals surface area (Å²) in [5, 5.41) is 14.3. The molecule has 7 heteroatoms. The van der Waals surface area contributed by atoms with Gasteiger partial charge in [0.25, 0.3) is 5.69 Å². The molecular weight excluding hydrogens is 460 g/mol. The molecule has 0 amide bonds. The highest BCUT2D eigenvalue weighted by Crippen LogP contribution is 2.34. The monoisotopic (exact) mass is 484 g/mol. The van der Waals surface area contributed by atoms with E-state index in [9.17, 15) is 10.1 Å². The Balaban J connectivity index is 1.61. The molecule has 0 fully saturated rings. The van der Waals surface area contributed by atoms with Crippen LogP contribution in [-0.4, -0.2) is 18.1 Å². The van der Waals surface area contributed by atoms with Gasteiger partial charge >= 0.3 is 0 Å². The first-order valence-electron chi connectivity index (χ1n) is 10.1. The molecule has 31 heavy (non-hydrogen) atoms. The maximum Gasteiger partial charge on any atom is 0.269 e. The average molecular weight is 485 g/mol. The molecule has 0 aliphatic carbocycles. The fraction of sp³-hybridized carbons (Fsp3) is 0.250. The molecule has 0 radical (unpaired) electrons. The number of non-ortho nitro benzene ring substituents is 1. The van der Waals surface area contributed by atoms with E-state index in [2.05, 4.69) is 45.5 Å². The molecule has 0 saturated carbocycles. The van der Waals surface area contributed by atoms with Crippen molar-refractivity contribution < 1.29 is 14.4 Å². The molecule has 1 N–H and O–H groups in total. The van der Waals surface area contributed by atoms with Crippen molar-refractivity contribution in [2.24, 2.45) is 0 Å². The number of ether oxygens (including phenoxy) is 2. The van der Waals surface area contributed by atoms with E-state index in [1.165, 1.54) is 17.7 Å². The van der Waals surface area contributed by atoms with E-state index in [0.29, 0.717) is 31.3 Å². The quantitative estimate of drug-likeness (QED) is 0.215. The van der Waals surface area contributed by atoms with Crippen LogP contribution < -0.4 is 14.8 Å². The minimum Gasteiger partial charge on any atom is -0.490 e. The molecule has 0 bridgehead atoms. The predicted molar refractivity (Wildman–Crippen MR) is 125 cm³/mol. The number of halogens is 1. The summed E-state index contributed by atoms with van der Waals surface area (Å²) < 4.78 is 12.7. The highest BCUT2D eigenvalue weighted by Gasteiger charge is 2.12. The summed E-state index contributed by atoms with van der Waals surface area (Å²) in [6.07, 6.45) is 0.965. The molecule has 0 aliphatic rings. The highest BCUT2D eigenvalue weighted by molar-refractivity contribution is 9.10. The van der Waals surface area contributed by atoms with Crippen LogP contribution in [0.3, 0.4) is 0 Å². The molecule has 3 aromatic rings. The number of hydrogen-bond donors (Lipinski definition) is 1. The van der Waals surface area contributed by atoms with Crippen molar-refractivity contribution in [3.63, 3.8) is 0 Å². The minimum atomic E-state index is -0.415. The predicted octanol–water partition coefficient (Wildman–Crippen LogP) is 5.67. The molecule has 0 aromatic heterocycles. The second-order valence-electron chi connectivity index (χ2n) is 6.95. The van der Waals surface area contributed by atoms with Gasteiger partial charge in [0, 0.05) is 23.2 Å². The molecular formula is C24H25BrN2O4. The zero-order valence-electron chi connectivity index (χ0n) is 17.3. The number of rotatable bonds is 11. The normalized spacial score (nSPS) is 10.6. The van der Waals surface area contributed by atoms with Gasteiger partial charge in [-0.25, -0.2) is 0 Å². The molecule has 6 nitrogen and oxygen atoms in total. The summed E-state index contributed by atoms with van der Waals surface area (Å²) in [4.78, 5) is 10.4. The lowest BCUT2D eigenvalue weighted by molar-refractivity contribution is -0.384. The van der Waals surface area contributed by atoms with Gasteiger partial charge in [0.1, 0.15) is 6.61 Å². The molecule has 3 aromatic carbocycles. The Hall–Kier alpha value is -2.90. The van der Waals surface area contributed by atoms with Gasteiger partial charge in [-0.3, -0.25) is 10.1 Å². The maximum atomic E-state index is 10.8. The fourth-order valence-corrected chi connectivity index (χ4v) is 3.53. The third-order valence-corrected chi connectivity index (χ3v) is 5.44. The van der Waals surface area contributed by atoms with Gasteiger partial charge < -0.3 is 14.8 Å². The Morgan fingerprint density at radius 1 is 0.968 bits per heavy atom. The van der Waals surface area contributed by atoms with Crippen LogP contribution in [0.25, 0.3) is 0 Å². The van der Waals surface area contributed by atoms with Crippen LogP contribution in [-0.2, 0) is 19.6 Å². The summed E-state index contributed by atoms with van der Waals surface area (Å²) in [6, 6.07) is 20.6. The van der Waals surface area contributed by atoms with Gasteiger partial charge in [0.2, 0.25) is 0 Å². The molecule has 0 aliphatic heterocycles. The molecule has 162 valence electrons. The van der Waals surface area contributed by atoms with Crippen molar-refractivity contribution in [2.45, 2.75) is 26.5 Å². The standard InChI is InChI=1S/C24H25BrN2O4/c1-2-30-23-14-20(16-26-13-12-18-6-4-3-5-7-18)22(25)15-24(23)31-17-19-8-10-21(11-9-19)27(28)29/h3-11,14-15,26H,2,12-13,16-17H2,1H3. The summed E-state index contributed by atoms with van der Waals surface area (Å²) >= 11 is 3.63. The number of nitrogens with one attached hydrogen (secondary N) is 1. The Labute approximate surface area is 190 Å². The lowest BCUT2D eigenvalue weighted by atomic mass is 10.1. The molecule has 0 unspecified atom stereocenters. The second-order valence-corrected chi connectivity index (χ2v) is 7.80. The van der Waals surface area contributed by atoms with E-state index >= 15 is 0 Å². The van der Waals surface area contributed by atoms with Gasteiger partial charge in [-0.1, -0.05) is 46.3 Å². The number of nitrogens with zero attached hydrogens (tertiary/aromatic N) is 1. The van der Waals surface area contributed by atoms with Crippen LogP contribution in [0.5, 0.6) is 11.5 Å². The van der Waals surface area contributed by atoms with Crippen molar-refractivity contribution in [3.05, 3.63) is 98.0 Å². The highest BCUT2D eigenvalue weighted by atomic mass is 79.9. The van der Waals surface area contributed by atoms with Gasteiger partial charge in [-0.2, -0.15) is 0 Å². The van der Waals surface area contributed by atoms with Crippen molar-refractivity contribution in [1.29, 1.82) is 0 Å². The van der Waals surface area contributed by atoms with E-state index in [4.69, 9.17) is 9.47 Å². The number of benzene rings is 3. The third kappa shape index (κ3) is 6.80. The minimum absolute atomic E-state index is 0.0608. The summed E-state index contributed by atoms with van der Waals surface area (Å²) in [5.41, 5.74) is 3.29. The maximum absolute atomic E-state index is 10.8. The van der Waals surface area contributed by atoms with Crippen molar-refractivity contribution in [3.8, 4) is 11.5 Å². The Kier molecular flexibility index (Phi) is 8.44. The van der Waals surface area contributed by atoms with Crippen LogP contribution >= 0.6 is 15.9 Å². The first-order chi connectivity index (χ1) is 15.1. The van der Waals surface area contributed by atoms with Crippen molar-refractivity contribution in [2.75, 3.05) is 13.2 Å². The summed E-state index contributed by atoms with van der Waals surface area (Å²) in [6.45, 7) is 4.32. The molecule has 0 atom stereocenters. The van der Waals surface area contributed by atoms with Gasteiger partial charge in [0.15, 0.2) is 11.5 Å². The summed E-state index contributed by atoms with van der Waals surface area (Å²) in [7, 11) is 0. The molecule has 0 heterocycles. The van der Waals surface area contributed by atoms with Crippen molar-refractivity contribution >= 4 is 21.6 Å². The SMILES string of the molecule is CCOc1cc(CNCCc2ccccc2)c(Br)cc1OCc1ccc([N+](=O)[O-])cc1. The van der Waals surface area contributed by atoms with E-state index in [0.717, 1.165) is 28.6 Å². The Morgan fingerprint density at radius 3 is 2.35 bits per heavy atom. The lowest BCUT2D eigenvalue weighted by Gasteiger charge is -2.15. The lowest BCUT2D eigenvalue weighted by Crippen LogP contribution is -2.17. The van der Waals surface area contributed by atoms with Gasteiger partial charge in [0.05, 0.1) is 11.5 Å². The Bertz CT molecular complexity index is 994. The van der Waals surface area contributed by atoms with Gasteiger partial charge in [-0.15, -0.1) is 0 Å². The van der Waals surface area contributed by atoms with E-state index in [1.807, 2.05) is 25.1 Å². The Morgan fingerprint density at radius 2 is 1.68 bits per heavy atom. The van der Waals surface area contributed by atoms with Crippen LogP contribution in [0.2, 0.25) is 0 Å². The largest absolute Gasteiger partial charge is 0.490 e. The van der Waals surface area contributed by atoms with Crippen LogP contribution in [0, 0.1) is 10.1 Å². The van der Waals surface area contributed by atoms with Crippen LogP contribution in [0.15, 0.2) is 71.2 Å². The van der Waals surface area contributed by atoms with Crippen LogP contribution in [0.1, 0.15) is 23.6 Å². The third-order valence-electron chi connectivity index (χ3n) is 4.70. The fourth-order valence-electron chi connectivity index (χ4n) is 3.07. The number of nitro groups is 1. The second kappa shape index (κ2) is 11.5. The van der Waals surface area contributed by atoms with E-state index in [-0.39, 0.29) is 5.69 Å². The summed E-state index contributed by atoms with van der Waals surface area (Å²) in [5.74, 6) is 1.30. The topological polar surface area (TPSA) is 73.6 Å². The molecule has 3 rings (SSSR count). The number of hydrogen-bond acceptors (Lipinski definition) is 5. The van der Waals surface area contributed by atoms with Crippen molar-refractivity contribution in [1.82, 2.24) is 5.32 Å². The zero-order valence-corrected chi connectivity index (χ0v) is 18.9. The molecule has 0 saturated heterocycles. The van der Waals surface area contributed by atoms with Gasteiger partial charge in [-0.05, 0) is 60.8 Å². The first kappa shape index (κ1) is 22.8. The zero-order chi connectivity index (χ0) is 22.1. The van der Waals surface area contributed by atoms with E-state index < -0.39 is 4.92 Å². The number of nitro benzene ring substituents is 1. The van der Waals surface area contributed by atoms with Crippen LogP contribution in [0.4, 0.5) is 5.69 Å². The van der Waals surface area contributed by atoms with E-state index in [1.54, 1.807) is 12.1 Å².